The molecule has 0 spiro atoms. The van der Waals surface area contributed by atoms with Gasteiger partial charge in [-0.2, -0.15) is 0 Å². The van der Waals surface area contributed by atoms with E-state index in [1.54, 1.807) is 18.2 Å². The second-order valence-corrected chi connectivity index (χ2v) is 5.18. The third-order valence-corrected chi connectivity index (χ3v) is 3.56. The molecule has 1 heterocycles. The van der Waals surface area contributed by atoms with E-state index in [0.717, 1.165) is 25.2 Å². The Morgan fingerprint density at radius 1 is 1.32 bits per heavy atom. The van der Waals surface area contributed by atoms with E-state index in [4.69, 9.17) is 0 Å². The van der Waals surface area contributed by atoms with Crippen molar-refractivity contribution >= 4 is 5.91 Å². The SMILES string of the molecule is Cc1ccc(O)c(C(=O)NCCN2CCCCC2)c1. The zero-order chi connectivity index (χ0) is 13.7. The van der Waals surface area contributed by atoms with E-state index in [2.05, 4.69) is 10.2 Å². The van der Waals surface area contributed by atoms with Crippen LogP contribution in [0.25, 0.3) is 0 Å². The summed E-state index contributed by atoms with van der Waals surface area (Å²) < 4.78 is 0. The lowest BCUT2D eigenvalue weighted by molar-refractivity contribution is 0.0944. The molecule has 19 heavy (non-hydrogen) atoms. The molecule has 0 aliphatic carbocycles. The molecule has 0 unspecified atom stereocenters. The first-order chi connectivity index (χ1) is 9.16. The largest absolute Gasteiger partial charge is 0.507 e. The Bertz CT molecular complexity index is 440. The number of likely N-dealkylation sites (tertiary alicyclic amines) is 1. The van der Waals surface area contributed by atoms with Crippen LogP contribution >= 0.6 is 0 Å². The maximum atomic E-state index is 12.0. The fourth-order valence-electron chi connectivity index (χ4n) is 2.44. The summed E-state index contributed by atoms with van der Waals surface area (Å²) >= 11 is 0. The van der Waals surface area contributed by atoms with Crippen molar-refractivity contribution < 1.29 is 9.90 Å². The molecule has 0 radical (unpaired) electrons. The molecule has 104 valence electrons. The molecule has 0 saturated carbocycles. The van der Waals surface area contributed by atoms with Gasteiger partial charge in [-0.3, -0.25) is 4.79 Å². The van der Waals surface area contributed by atoms with E-state index < -0.39 is 0 Å². The summed E-state index contributed by atoms with van der Waals surface area (Å²) in [4.78, 5) is 14.3. The number of carbonyl (C=O) groups is 1. The number of benzene rings is 1. The fraction of sp³-hybridized carbons (Fsp3) is 0.533. The molecule has 1 saturated heterocycles. The first-order valence-corrected chi connectivity index (χ1v) is 6.97. The molecule has 4 heteroatoms. The van der Waals surface area contributed by atoms with Gasteiger partial charge in [-0.15, -0.1) is 0 Å². The molecule has 1 aliphatic heterocycles. The molecule has 0 aromatic heterocycles. The van der Waals surface area contributed by atoms with E-state index >= 15 is 0 Å². The van der Waals surface area contributed by atoms with Gasteiger partial charge in [-0.05, 0) is 45.0 Å². The van der Waals surface area contributed by atoms with Gasteiger partial charge in [-0.1, -0.05) is 18.1 Å². The van der Waals surface area contributed by atoms with Gasteiger partial charge >= 0.3 is 0 Å². The van der Waals surface area contributed by atoms with Gasteiger partial charge in [0.05, 0.1) is 5.56 Å². The molecule has 1 amide bonds. The van der Waals surface area contributed by atoms with Crippen LogP contribution in [0.1, 0.15) is 35.2 Å². The van der Waals surface area contributed by atoms with Crippen LogP contribution in [0.5, 0.6) is 5.75 Å². The van der Waals surface area contributed by atoms with Crippen molar-refractivity contribution in [3.63, 3.8) is 0 Å². The first-order valence-electron chi connectivity index (χ1n) is 6.97. The fourth-order valence-corrected chi connectivity index (χ4v) is 2.44. The highest BCUT2D eigenvalue weighted by Crippen LogP contribution is 2.17. The lowest BCUT2D eigenvalue weighted by Gasteiger charge is -2.26. The summed E-state index contributed by atoms with van der Waals surface area (Å²) in [6.07, 6.45) is 3.83. The number of amides is 1. The number of phenolic OH excluding ortho intramolecular Hbond substituents is 1. The van der Waals surface area contributed by atoms with Gasteiger partial charge in [0.2, 0.25) is 0 Å². The van der Waals surface area contributed by atoms with Crippen LogP contribution in [0.4, 0.5) is 0 Å². The topological polar surface area (TPSA) is 52.6 Å². The monoisotopic (exact) mass is 262 g/mol. The minimum absolute atomic E-state index is 0.0427. The predicted molar refractivity (Wildman–Crippen MR) is 75.5 cm³/mol. The number of carbonyl (C=O) groups excluding carboxylic acids is 1. The number of hydrogen-bond donors (Lipinski definition) is 2. The summed E-state index contributed by atoms with van der Waals surface area (Å²) in [5, 5.41) is 12.6. The Balaban J connectivity index is 1.82. The summed E-state index contributed by atoms with van der Waals surface area (Å²) in [6, 6.07) is 5.07. The van der Waals surface area contributed by atoms with Gasteiger partial charge in [-0.25, -0.2) is 0 Å². The Morgan fingerprint density at radius 2 is 2.05 bits per heavy atom. The van der Waals surface area contributed by atoms with Crippen LogP contribution in [-0.2, 0) is 0 Å². The minimum Gasteiger partial charge on any atom is -0.507 e. The lowest BCUT2D eigenvalue weighted by atomic mass is 10.1. The van der Waals surface area contributed by atoms with Crippen LogP contribution in [0.2, 0.25) is 0 Å². The van der Waals surface area contributed by atoms with Gasteiger partial charge in [0, 0.05) is 13.1 Å². The molecule has 0 atom stereocenters. The number of aromatic hydroxyl groups is 1. The third kappa shape index (κ3) is 3.96. The van der Waals surface area contributed by atoms with Gasteiger partial charge in [0.25, 0.3) is 5.91 Å². The lowest BCUT2D eigenvalue weighted by Crippen LogP contribution is -2.37. The summed E-state index contributed by atoms with van der Waals surface area (Å²) in [5.74, 6) is -0.153. The van der Waals surface area contributed by atoms with Crippen molar-refractivity contribution in [1.29, 1.82) is 0 Å². The molecule has 1 aromatic carbocycles. The van der Waals surface area contributed by atoms with Crippen molar-refractivity contribution in [3.8, 4) is 5.75 Å². The van der Waals surface area contributed by atoms with E-state index in [1.165, 1.54) is 19.3 Å². The first kappa shape index (κ1) is 13.9. The Labute approximate surface area is 114 Å². The predicted octanol–water partition coefficient (Wildman–Crippen LogP) is 1.92. The molecule has 2 rings (SSSR count). The van der Waals surface area contributed by atoms with Crippen molar-refractivity contribution in [1.82, 2.24) is 10.2 Å². The second-order valence-electron chi connectivity index (χ2n) is 5.18. The van der Waals surface area contributed by atoms with Crippen LogP contribution in [-0.4, -0.2) is 42.1 Å². The molecule has 4 nitrogen and oxygen atoms in total. The van der Waals surface area contributed by atoms with Crippen molar-refractivity contribution in [2.45, 2.75) is 26.2 Å². The summed E-state index contributed by atoms with van der Waals surface area (Å²) in [6.45, 7) is 5.69. The Morgan fingerprint density at radius 3 is 2.79 bits per heavy atom. The number of rotatable bonds is 4. The Kier molecular flexibility index (Phi) is 4.80. The average Bonchev–Trinajstić information content (AvgIpc) is 2.42. The van der Waals surface area contributed by atoms with Crippen LogP contribution in [0, 0.1) is 6.92 Å². The normalized spacial score (nSPS) is 16.3. The van der Waals surface area contributed by atoms with E-state index in [9.17, 15) is 9.90 Å². The maximum absolute atomic E-state index is 12.0. The van der Waals surface area contributed by atoms with E-state index in [1.807, 2.05) is 6.92 Å². The highest BCUT2D eigenvalue weighted by molar-refractivity contribution is 5.96. The standard InChI is InChI=1S/C15H22N2O2/c1-12-5-6-14(18)13(11-12)15(19)16-7-10-17-8-3-2-4-9-17/h5-6,11,18H,2-4,7-10H2,1H3,(H,16,19). The van der Waals surface area contributed by atoms with Crippen molar-refractivity contribution in [2.75, 3.05) is 26.2 Å². The molecule has 1 aliphatic rings. The summed E-state index contributed by atoms with van der Waals surface area (Å²) in [5.41, 5.74) is 1.33. The molecular formula is C15H22N2O2. The molecule has 1 aromatic rings. The molecular weight excluding hydrogens is 240 g/mol. The highest BCUT2D eigenvalue weighted by Gasteiger charge is 2.12. The Hall–Kier alpha value is -1.55. The number of nitrogens with one attached hydrogen (secondary N) is 1. The van der Waals surface area contributed by atoms with Crippen LogP contribution in [0.15, 0.2) is 18.2 Å². The third-order valence-electron chi connectivity index (χ3n) is 3.56. The summed E-state index contributed by atoms with van der Waals surface area (Å²) in [7, 11) is 0. The highest BCUT2D eigenvalue weighted by atomic mass is 16.3. The smallest absolute Gasteiger partial charge is 0.255 e. The van der Waals surface area contributed by atoms with Gasteiger partial charge in [0.15, 0.2) is 0 Å². The van der Waals surface area contributed by atoms with Crippen LogP contribution < -0.4 is 5.32 Å². The molecule has 1 fully saturated rings. The van der Waals surface area contributed by atoms with E-state index in [0.29, 0.717) is 12.1 Å². The van der Waals surface area contributed by atoms with Gasteiger partial charge in [0.1, 0.15) is 5.75 Å². The maximum Gasteiger partial charge on any atom is 0.255 e. The number of phenols is 1. The quantitative estimate of drug-likeness (QED) is 0.871. The number of nitrogens with zero attached hydrogens (tertiary/aromatic N) is 1. The number of piperidine rings is 1. The molecule has 0 bridgehead atoms. The zero-order valence-electron chi connectivity index (χ0n) is 11.5. The zero-order valence-corrected chi connectivity index (χ0v) is 11.5. The average molecular weight is 262 g/mol. The van der Waals surface area contributed by atoms with Crippen molar-refractivity contribution in [2.24, 2.45) is 0 Å². The van der Waals surface area contributed by atoms with Crippen molar-refractivity contribution in [3.05, 3.63) is 29.3 Å². The van der Waals surface area contributed by atoms with E-state index in [-0.39, 0.29) is 11.7 Å². The van der Waals surface area contributed by atoms with Gasteiger partial charge < -0.3 is 15.3 Å². The number of hydrogen-bond acceptors (Lipinski definition) is 3. The minimum atomic E-state index is -0.196. The second kappa shape index (κ2) is 6.57. The number of aryl methyl sites for hydroxylation is 1. The van der Waals surface area contributed by atoms with Crippen LogP contribution in [0.3, 0.4) is 0 Å². The molecule has 2 N–H and O–H groups in total.